The average Bonchev–Trinajstić information content (AvgIpc) is 2.46. The molecule has 0 heterocycles. The lowest BCUT2D eigenvalue weighted by atomic mass is 9.79. The van der Waals surface area contributed by atoms with Crippen LogP contribution in [0.25, 0.3) is 0 Å². The fourth-order valence-electron chi connectivity index (χ4n) is 3.80. The highest BCUT2D eigenvalue weighted by Crippen LogP contribution is 2.31. The summed E-state index contributed by atoms with van der Waals surface area (Å²) in [7, 11) is 0. The highest BCUT2D eigenvalue weighted by molar-refractivity contribution is 4.87. The van der Waals surface area contributed by atoms with Crippen LogP contribution in [0, 0.1) is 5.92 Å². The third-order valence-corrected chi connectivity index (χ3v) is 4.98. The van der Waals surface area contributed by atoms with E-state index in [1.165, 1.54) is 25.7 Å². The molecular weight excluding hydrogens is 266 g/mol. The molecule has 2 rings (SSSR count). The Labute approximate surface area is 129 Å². The number of aliphatic hydroxyl groups is 2. The Kier molecular flexibility index (Phi) is 6.93. The lowest BCUT2D eigenvalue weighted by Gasteiger charge is -2.36. The lowest BCUT2D eigenvalue weighted by molar-refractivity contribution is -0.0317. The van der Waals surface area contributed by atoms with Crippen LogP contribution in [0.1, 0.15) is 64.7 Å². The number of aliphatic hydroxyl groups excluding tert-OH is 1. The van der Waals surface area contributed by atoms with Crippen molar-refractivity contribution >= 4 is 0 Å². The Hall–Kier alpha value is -0.160. The molecule has 0 amide bonds. The fraction of sp³-hybridized carbons (Fsp3) is 1.00. The molecule has 3 atom stereocenters. The van der Waals surface area contributed by atoms with Gasteiger partial charge in [0.05, 0.1) is 24.4 Å². The van der Waals surface area contributed by atoms with Gasteiger partial charge in [0, 0.05) is 13.1 Å². The molecule has 3 unspecified atom stereocenters. The number of hydrogen-bond donors (Lipinski definition) is 3. The molecule has 3 N–H and O–H groups in total. The van der Waals surface area contributed by atoms with Crippen LogP contribution in [-0.2, 0) is 4.74 Å². The first-order valence-corrected chi connectivity index (χ1v) is 8.80. The molecule has 0 aromatic rings. The standard InChI is InChI=1S/C17H33NO3/c1-14-6-5-9-17(20,10-14)13-18-11-15(19)12-21-16-7-3-2-4-8-16/h14-16,18-20H,2-13H2,1H3. The van der Waals surface area contributed by atoms with Gasteiger partial charge in [-0.05, 0) is 31.6 Å². The molecule has 0 aromatic heterocycles. The van der Waals surface area contributed by atoms with Gasteiger partial charge in [-0.3, -0.25) is 0 Å². The zero-order valence-electron chi connectivity index (χ0n) is 13.5. The van der Waals surface area contributed by atoms with Crippen molar-refractivity contribution in [3.63, 3.8) is 0 Å². The van der Waals surface area contributed by atoms with Gasteiger partial charge >= 0.3 is 0 Å². The minimum absolute atomic E-state index is 0.344. The Bertz CT molecular complexity index is 294. The van der Waals surface area contributed by atoms with Crippen LogP contribution < -0.4 is 5.32 Å². The second kappa shape index (κ2) is 8.47. The molecule has 2 aliphatic rings. The quantitative estimate of drug-likeness (QED) is 0.674. The first-order chi connectivity index (χ1) is 10.1. The average molecular weight is 299 g/mol. The number of rotatable bonds is 7. The second-order valence-electron chi connectivity index (χ2n) is 7.30. The Morgan fingerprint density at radius 3 is 2.67 bits per heavy atom. The smallest absolute Gasteiger partial charge is 0.0897 e. The van der Waals surface area contributed by atoms with E-state index in [2.05, 4.69) is 12.2 Å². The third-order valence-electron chi connectivity index (χ3n) is 4.98. The van der Waals surface area contributed by atoms with Crippen molar-refractivity contribution in [2.75, 3.05) is 19.7 Å². The zero-order valence-corrected chi connectivity index (χ0v) is 13.5. The zero-order chi connectivity index (χ0) is 15.1. The van der Waals surface area contributed by atoms with E-state index >= 15 is 0 Å². The largest absolute Gasteiger partial charge is 0.389 e. The number of ether oxygens (including phenoxy) is 1. The predicted molar refractivity (Wildman–Crippen MR) is 84.3 cm³/mol. The highest BCUT2D eigenvalue weighted by Gasteiger charge is 2.32. The van der Waals surface area contributed by atoms with Gasteiger partial charge < -0.3 is 20.3 Å². The maximum atomic E-state index is 10.5. The molecule has 21 heavy (non-hydrogen) atoms. The van der Waals surface area contributed by atoms with Crippen LogP contribution in [0.3, 0.4) is 0 Å². The summed E-state index contributed by atoms with van der Waals surface area (Å²) in [6.07, 6.45) is 10.0. The van der Waals surface area contributed by atoms with Crippen LogP contribution in [0.5, 0.6) is 0 Å². The Morgan fingerprint density at radius 1 is 1.19 bits per heavy atom. The van der Waals surface area contributed by atoms with Crippen molar-refractivity contribution in [2.45, 2.75) is 82.5 Å². The number of nitrogens with one attached hydrogen (secondary N) is 1. The van der Waals surface area contributed by atoms with Gasteiger partial charge in [0.1, 0.15) is 0 Å². The minimum atomic E-state index is -0.582. The molecular formula is C17H33NO3. The maximum Gasteiger partial charge on any atom is 0.0897 e. The first kappa shape index (κ1) is 17.2. The molecule has 0 radical (unpaired) electrons. The van der Waals surface area contributed by atoms with Gasteiger partial charge in [-0.2, -0.15) is 0 Å². The van der Waals surface area contributed by atoms with Crippen molar-refractivity contribution in [2.24, 2.45) is 5.92 Å². The van der Waals surface area contributed by atoms with E-state index in [0.717, 1.165) is 32.1 Å². The van der Waals surface area contributed by atoms with Crippen molar-refractivity contribution < 1.29 is 14.9 Å². The maximum absolute atomic E-state index is 10.5. The van der Waals surface area contributed by atoms with E-state index in [1.807, 2.05) is 0 Å². The van der Waals surface area contributed by atoms with Gasteiger partial charge in [-0.25, -0.2) is 0 Å². The SMILES string of the molecule is CC1CCCC(O)(CNCC(O)COC2CCCCC2)C1. The van der Waals surface area contributed by atoms with Gasteiger partial charge in [-0.15, -0.1) is 0 Å². The molecule has 124 valence electrons. The van der Waals surface area contributed by atoms with Crippen molar-refractivity contribution in [3.8, 4) is 0 Å². The summed E-state index contributed by atoms with van der Waals surface area (Å²) < 4.78 is 5.78. The summed E-state index contributed by atoms with van der Waals surface area (Å²) in [5.41, 5.74) is -0.582. The first-order valence-electron chi connectivity index (χ1n) is 8.80. The molecule has 0 aliphatic heterocycles. The summed E-state index contributed by atoms with van der Waals surface area (Å²) in [6, 6.07) is 0. The summed E-state index contributed by atoms with van der Waals surface area (Å²) in [6.45, 7) is 3.70. The highest BCUT2D eigenvalue weighted by atomic mass is 16.5. The molecule has 2 fully saturated rings. The molecule has 0 bridgehead atoms. The molecule has 4 heteroatoms. The van der Waals surface area contributed by atoms with Gasteiger partial charge in [0.15, 0.2) is 0 Å². The third kappa shape index (κ3) is 6.23. The fourth-order valence-corrected chi connectivity index (χ4v) is 3.80. The van der Waals surface area contributed by atoms with Gasteiger partial charge in [0.2, 0.25) is 0 Å². The molecule has 0 aromatic carbocycles. The molecule has 2 aliphatic carbocycles. The van der Waals surface area contributed by atoms with Crippen LogP contribution in [0.4, 0.5) is 0 Å². The van der Waals surface area contributed by atoms with Gasteiger partial charge in [0.25, 0.3) is 0 Å². The van der Waals surface area contributed by atoms with Crippen molar-refractivity contribution in [1.82, 2.24) is 5.32 Å². The summed E-state index contributed by atoms with van der Waals surface area (Å²) in [5.74, 6) is 0.602. The second-order valence-corrected chi connectivity index (χ2v) is 7.30. The van der Waals surface area contributed by atoms with E-state index in [9.17, 15) is 10.2 Å². The lowest BCUT2D eigenvalue weighted by Crippen LogP contribution is -2.46. The van der Waals surface area contributed by atoms with E-state index in [-0.39, 0.29) is 0 Å². The Balaban J connectivity index is 1.57. The predicted octanol–water partition coefficient (Wildman–Crippen LogP) is 2.23. The summed E-state index contributed by atoms with van der Waals surface area (Å²) in [5, 5.41) is 23.7. The summed E-state index contributed by atoms with van der Waals surface area (Å²) >= 11 is 0. The van der Waals surface area contributed by atoms with Crippen LogP contribution >= 0.6 is 0 Å². The van der Waals surface area contributed by atoms with E-state index in [4.69, 9.17) is 4.74 Å². The van der Waals surface area contributed by atoms with E-state index in [0.29, 0.717) is 31.7 Å². The monoisotopic (exact) mass is 299 g/mol. The minimum Gasteiger partial charge on any atom is -0.389 e. The van der Waals surface area contributed by atoms with Crippen molar-refractivity contribution in [1.29, 1.82) is 0 Å². The van der Waals surface area contributed by atoms with Crippen LogP contribution in [0.15, 0.2) is 0 Å². The molecule has 4 nitrogen and oxygen atoms in total. The molecule has 0 spiro atoms. The molecule has 2 saturated carbocycles. The molecule has 0 saturated heterocycles. The van der Waals surface area contributed by atoms with Gasteiger partial charge in [-0.1, -0.05) is 39.0 Å². The van der Waals surface area contributed by atoms with E-state index < -0.39 is 11.7 Å². The van der Waals surface area contributed by atoms with Crippen molar-refractivity contribution in [3.05, 3.63) is 0 Å². The normalized spacial score (nSPS) is 33.0. The topological polar surface area (TPSA) is 61.7 Å². The number of hydrogen-bond acceptors (Lipinski definition) is 4. The van der Waals surface area contributed by atoms with Crippen LogP contribution in [-0.4, -0.2) is 47.7 Å². The Morgan fingerprint density at radius 2 is 1.95 bits per heavy atom. The van der Waals surface area contributed by atoms with Crippen LogP contribution in [0.2, 0.25) is 0 Å². The van der Waals surface area contributed by atoms with E-state index in [1.54, 1.807) is 0 Å². The summed E-state index contributed by atoms with van der Waals surface area (Å²) in [4.78, 5) is 0.